The number of benzene rings is 1. The van der Waals surface area contributed by atoms with E-state index in [1.807, 2.05) is 43.5 Å². The van der Waals surface area contributed by atoms with Gasteiger partial charge in [-0.3, -0.25) is 9.59 Å². The molecule has 0 saturated heterocycles. The highest BCUT2D eigenvalue weighted by molar-refractivity contribution is 7.13. The van der Waals surface area contributed by atoms with Crippen LogP contribution in [0.3, 0.4) is 0 Å². The fourth-order valence-corrected chi connectivity index (χ4v) is 3.38. The summed E-state index contributed by atoms with van der Waals surface area (Å²) in [6.07, 6.45) is 0.672. The number of ether oxygens (including phenoxy) is 1. The highest BCUT2D eigenvalue weighted by Crippen LogP contribution is 2.22. The summed E-state index contributed by atoms with van der Waals surface area (Å²) in [5.41, 5.74) is 2.69. The number of hydrogen-bond acceptors (Lipinski definition) is 7. The van der Waals surface area contributed by atoms with Gasteiger partial charge in [-0.2, -0.15) is 4.68 Å². The third-order valence-corrected chi connectivity index (χ3v) is 5.09. The van der Waals surface area contributed by atoms with Gasteiger partial charge in [-0.25, -0.2) is 4.79 Å². The molecule has 1 amide bonds. The molecule has 8 nitrogen and oxygen atoms in total. The van der Waals surface area contributed by atoms with Gasteiger partial charge in [-0.05, 0) is 35.9 Å². The number of rotatable bonds is 8. The van der Waals surface area contributed by atoms with Crippen LogP contribution in [0.2, 0.25) is 0 Å². The Morgan fingerprint density at radius 2 is 2.10 bits per heavy atom. The minimum absolute atomic E-state index is 0.00589. The number of hydrogen-bond donors (Lipinski definition) is 1. The van der Waals surface area contributed by atoms with E-state index in [9.17, 15) is 14.4 Å². The Bertz CT molecular complexity index is 1050. The van der Waals surface area contributed by atoms with E-state index in [1.54, 1.807) is 6.07 Å². The summed E-state index contributed by atoms with van der Waals surface area (Å²) >= 11 is 1.39. The van der Waals surface area contributed by atoms with E-state index in [4.69, 9.17) is 9.15 Å². The molecule has 1 N–H and O–H groups in total. The van der Waals surface area contributed by atoms with Crippen LogP contribution in [-0.4, -0.2) is 28.3 Å². The summed E-state index contributed by atoms with van der Waals surface area (Å²) in [5, 5.41) is 8.70. The van der Waals surface area contributed by atoms with Crippen molar-refractivity contribution in [1.82, 2.24) is 9.78 Å². The third-order valence-electron chi connectivity index (χ3n) is 4.23. The molecule has 3 aromatic rings. The lowest BCUT2D eigenvalue weighted by Crippen LogP contribution is -2.23. The van der Waals surface area contributed by atoms with Gasteiger partial charge in [-0.1, -0.05) is 31.2 Å². The second-order valence-corrected chi connectivity index (χ2v) is 7.24. The summed E-state index contributed by atoms with van der Waals surface area (Å²) in [6.45, 7) is 3.51. The molecule has 0 fully saturated rings. The van der Waals surface area contributed by atoms with Crippen molar-refractivity contribution in [2.75, 3.05) is 11.9 Å². The van der Waals surface area contributed by atoms with Gasteiger partial charge in [0, 0.05) is 5.69 Å². The number of thiophene rings is 1. The van der Waals surface area contributed by atoms with Crippen LogP contribution >= 0.6 is 11.3 Å². The Balaban J connectivity index is 1.49. The highest BCUT2D eigenvalue weighted by atomic mass is 32.1. The molecule has 152 valence electrons. The summed E-state index contributed by atoms with van der Waals surface area (Å²) in [7, 11) is 0. The molecular weight excluding hydrogens is 394 g/mol. The largest absolute Gasteiger partial charge is 0.456 e. The predicted octanol–water partition coefficient (Wildman–Crippen LogP) is 3.01. The molecule has 0 aliphatic carbocycles. The molecule has 9 heteroatoms. The number of anilines is 1. The maximum Gasteiger partial charge on any atom is 0.437 e. The smallest absolute Gasteiger partial charge is 0.437 e. The molecule has 0 unspecified atom stereocenters. The first-order valence-electron chi connectivity index (χ1n) is 9.13. The van der Waals surface area contributed by atoms with Crippen molar-refractivity contribution in [3.8, 4) is 10.8 Å². The molecule has 2 aromatic heterocycles. The zero-order valence-corrected chi connectivity index (χ0v) is 17.0. The molecule has 0 spiro atoms. The van der Waals surface area contributed by atoms with Gasteiger partial charge in [0.25, 0.3) is 11.8 Å². The van der Waals surface area contributed by atoms with Crippen molar-refractivity contribution in [2.24, 2.45) is 0 Å². The number of amides is 1. The number of aryl methyl sites for hydroxylation is 3. The van der Waals surface area contributed by atoms with Crippen molar-refractivity contribution in [1.29, 1.82) is 0 Å². The topological polar surface area (TPSA) is 103 Å². The molecule has 0 radical (unpaired) electrons. The average molecular weight is 415 g/mol. The molecule has 0 bridgehead atoms. The molecular formula is C20H21N3O5S. The van der Waals surface area contributed by atoms with Crippen LogP contribution in [0.25, 0.3) is 10.8 Å². The average Bonchev–Trinajstić information content (AvgIpc) is 3.36. The van der Waals surface area contributed by atoms with Crippen LogP contribution in [0.1, 0.15) is 24.5 Å². The Kier molecular flexibility index (Phi) is 6.61. The number of carbonyl (C=O) groups is 2. The molecule has 0 aliphatic rings. The summed E-state index contributed by atoms with van der Waals surface area (Å²) < 4.78 is 11.2. The van der Waals surface area contributed by atoms with E-state index in [1.165, 1.54) is 11.3 Å². The van der Waals surface area contributed by atoms with Gasteiger partial charge < -0.3 is 14.5 Å². The molecule has 1 aromatic carbocycles. The normalized spacial score (nSPS) is 10.7. The zero-order valence-electron chi connectivity index (χ0n) is 16.1. The van der Waals surface area contributed by atoms with Gasteiger partial charge in [0.1, 0.15) is 0 Å². The van der Waals surface area contributed by atoms with Crippen molar-refractivity contribution >= 4 is 28.9 Å². The minimum atomic E-state index is -0.648. The van der Waals surface area contributed by atoms with E-state index < -0.39 is 24.2 Å². The maximum absolute atomic E-state index is 12.1. The number of nitrogens with one attached hydrogen (secondary N) is 1. The molecule has 29 heavy (non-hydrogen) atoms. The SMILES string of the molecule is CCc1cccc(C)c1NC(=O)COC(=O)CCn1nc(-c2cccs2)oc1=O. The second-order valence-electron chi connectivity index (χ2n) is 6.30. The number of para-hydroxylation sites is 1. The summed E-state index contributed by atoms with van der Waals surface area (Å²) in [5.74, 6) is -1.46. The Hall–Kier alpha value is -3.20. The van der Waals surface area contributed by atoms with E-state index in [-0.39, 0.29) is 18.9 Å². The van der Waals surface area contributed by atoms with E-state index in [2.05, 4.69) is 10.4 Å². The van der Waals surface area contributed by atoms with E-state index in [0.29, 0.717) is 0 Å². The molecule has 2 heterocycles. The molecule has 0 atom stereocenters. The van der Waals surface area contributed by atoms with Crippen LogP contribution < -0.4 is 11.1 Å². The number of esters is 1. The molecule has 0 saturated carbocycles. The fraction of sp³-hybridized carbons (Fsp3) is 0.300. The van der Waals surface area contributed by atoms with Gasteiger partial charge in [0.05, 0.1) is 17.8 Å². The number of aromatic nitrogens is 2. The third kappa shape index (κ3) is 5.20. The lowest BCUT2D eigenvalue weighted by molar-refractivity contribution is -0.147. The first kappa shape index (κ1) is 20.5. The summed E-state index contributed by atoms with van der Waals surface area (Å²) in [6, 6.07) is 9.38. The van der Waals surface area contributed by atoms with Crippen molar-refractivity contribution < 1.29 is 18.7 Å². The van der Waals surface area contributed by atoms with Crippen LogP contribution in [0.15, 0.2) is 44.9 Å². The van der Waals surface area contributed by atoms with Gasteiger partial charge in [-0.15, -0.1) is 16.4 Å². The number of carbonyl (C=O) groups excluding carboxylic acids is 2. The quantitative estimate of drug-likeness (QED) is 0.567. The second kappa shape index (κ2) is 9.33. The van der Waals surface area contributed by atoms with Crippen LogP contribution in [-0.2, 0) is 27.3 Å². The number of nitrogens with zero attached hydrogens (tertiary/aromatic N) is 2. The van der Waals surface area contributed by atoms with Crippen LogP contribution in [0.4, 0.5) is 5.69 Å². The Labute approximate surface area is 171 Å². The van der Waals surface area contributed by atoms with E-state index in [0.717, 1.165) is 32.8 Å². The van der Waals surface area contributed by atoms with Crippen LogP contribution in [0, 0.1) is 6.92 Å². The molecule has 3 rings (SSSR count). The van der Waals surface area contributed by atoms with E-state index >= 15 is 0 Å². The fourth-order valence-electron chi connectivity index (χ4n) is 2.74. The Morgan fingerprint density at radius 1 is 1.28 bits per heavy atom. The first-order valence-corrected chi connectivity index (χ1v) is 10.0. The van der Waals surface area contributed by atoms with Gasteiger partial charge in [0.2, 0.25) is 0 Å². The first-order chi connectivity index (χ1) is 14.0. The zero-order chi connectivity index (χ0) is 20.8. The monoisotopic (exact) mass is 415 g/mol. The van der Waals surface area contributed by atoms with Crippen LogP contribution in [0.5, 0.6) is 0 Å². The van der Waals surface area contributed by atoms with Gasteiger partial charge in [0.15, 0.2) is 6.61 Å². The maximum atomic E-state index is 12.1. The summed E-state index contributed by atoms with van der Waals surface area (Å²) in [4.78, 5) is 36.6. The lowest BCUT2D eigenvalue weighted by atomic mass is 10.1. The molecule has 0 aliphatic heterocycles. The lowest BCUT2D eigenvalue weighted by Gasteiger charge is -2.13. The van der Waals surface area contributed by atoms with Crippen molar-refractivity contribution in [3.63, 3.8) is 0 Å². The van der Waals surface area contributed by atoms with Crippen molar-refractivity contribution in [3.05, 3.63) is 57.4 Å². The Morgan fingerprint density at radius 3 is 2.83 bits per heavy atom. The van der Waals surface area contributed by atoms with Crippen molar-refractivity contribution in [2.45, 2.75) is 33.2 Å². The van der Waals surface area contributed by atoms with Gasteiger partial charge >= 0.3 is 11.7 Å². The highest BCUT2D eigenvalue weighted by Gasteiger charge is 2.14. The minimum Gasteiger partial charge on any atom is -0.456 e. The predicted molar refractivity (Wildman–Crippen MR) is 109 cm³/mol. The standard InChI is InChI=1S/C20H21N3O5S/c1-3-14-7-4-6-13(2)18(14)21-16(24)12-27-17(25)9-10-23-20(26)28-19(22-23)15-8-5-11-29-15/h4-8,11H,3,9-10,12H2,1-2H3,(H,21,24).